The Morgan fingerprint density at radius 2 is 2.47 bits per heavy atom. The van der Waals surface area contributed by atoms with Crippen molar-refractivity contribution in [2.75, 3.05) is 6.26 Å². The van der Waals surface area contributed by atoms with Gasteiger partial charge in [0.15, 0.2) is 0 Å². The highest BCUT2D eigenvalue weighted by Gasteiger charge is 2.27. The van der Waals surface area contributed by atoms with E-state index in [1.54, 1.807) is 0 Å². The van der Waals surface area contributed by atoms with Gasteiger partial charge in [-0.05, 0) is 32.1 Å². The fraction of sp³-hybridized carbons (Fsp3) is 0.727. The Balaban J connectivity index is 1.91. The maximum absolute atomic E-state index is 3.99. The van der Waals surface area contributed by atoms with Gasteiger partial charge in [0.25, 0.3) is 0 Å². The lowest BCUT2D eigenvalue weighted by atomic mass is 10.2. The van der Waals surface area contributed by atoms with Gasteiger partial charge in [0.05, 0.1) is 5.69 Å². The fourth-order valence-corrected chi connectivity index (χ4v) is 3.26. The van der Waals surface area contributed by atoms with Crippen molar-refractivity contribution >= 4 is 11.8 Å². The molecular weight excluding hydrogens is 206 g/mol. The predicted molar refractivity (Wildman–Crippen MR) is 65.1 cm³/mol. The second-order valence-corrected chi connectivity index (χ2v) is 5.29. The first kappa shape index (κ1) is 11.0. The summed E-state index contributed by atoms with van der Waals surface area (Å²) in [6.07, 6.45) is 8.05. The van der Waals surface area contributed by atoms with Crippen molar-refractivity contribution in [2.45, 2.75) is 43.5 Å². The molecule has 1 fully saturated rings. The van der Waals surface area contributed by atoms with Crippen LogP contribution in [-0.2, 0) is 0 Å². The maximum Gasteiger partial charge on any atom is 0.0518 e. The third-order valence-electron chi connectivity index (χ3n) is 3.21. The topological polar surface area (TPSA) is 40.7 Å². The van der Waals surface area contributed by atoms with E-state index in [0.717, 1.165) is 5.25 Å². The van der Waals surface area contributed by atoms with Crippen molar-refractivity contribution in [3.63, 3.8) is 0 Å². The molecule has 0 saturated heterocycles. The average Bonchev–Trinajstić information content (AvgIpc) is 2.87. The molecule has 1 aromatic rings. The van der Waals surface area contributed by atoms with Crippen molar-refractivity contribution in [3.8, 4) is 0 Å². The van der Waals surface area contributed by atoms with Crippen LogP contribution in [0.4, 0.5) is 0 Å². The molecular formula is C11H19N3S. The molecule has 0 aliphatic heterocycles. The summed E-state index contributed by atoms with van der Waals surface area (Å²) >= 11 is 1.99. The SMILES string of the molecule is CSC1CCCC1NC(C)c1ccn[nH]1. The predicted octanol–water partition coefficient (Wildman–Crippen LogP) is 2.34. The van der Waals surface area contributed by atoms with Gasteiger partial charge in [-0.1, -0.05) is 6.42 Å². The first-order valence-electron chi connectivity index (χ1n) is 5.59. The first-order valence-corrected chi connectivity index (χ1v) is 6.88. The van der Waals surface area contributed by atoms with Crippen LogP contribution < -0.4 is 5.32 Å². The lowest BCUT2D eigenvalue weighted by molar-refractivity contribution is 0.460. The van der Waals surface area contributed by atoms with Gasteiger partial charge >= 0.3 is 0 Å². The Morgan fingerprint density at radius 3 is 3.13 bits per heavy atom. The number of nitrogens with zero attached hydrogens (tertiary/aromatic N) is 1. The van der Waals surface area contributed by atoms with Crippen molar-refractivity contribution in [2.24, 2.45) is 0 Å². The largest absolute Gasteiger partial charge is 0.305 e. The van der Waals surface area contributed by atoms with Crippen LogP contribution in [0.3, 0.4) is 0 Å². The molecule has 1 heterocycles. The lowest BCUT2D eigenvalue weighted by Gasteiger charge is -2.23. The zero-order valence-corrected chi connectivity index (χ0v) is 10.2. The summed E-state index contributed by atoms with van der Waals surface area (Å²) in [6, 6.07) is 3.09. The van der Waals surface area contributed by atoms with Gasteiger partial charge in [-0.15, -0.1) is 0 Å². The van der Waals surface area contributed by atoms with Gasteiger partial charge in [0, 0.05) is 23.5 Å². The van der Waals surface area contributed by atoms with E-state index in [1.807, 2.05) is 24.0 Å². The molecule has 3 unspecified atom stereocenters. The van der Waals surface area contributed by atoms with E-state index in [0.29, 0.717) is 12.1 Å². The molecule has 4 heteroatoms. The number of aromatic amines is 1. The second kappa shape index (κ2) is 5.03. The van der Waals surface area contributed by atoms with E-state index in [1.165, 1.54) is 25.0 Å². The third kappa shape index (κ3) is 2.55. The number of nitrogens with one attached hydrogen (secondary N) is 2. The van der Waals surface area contributed by atoms with Crippen LogP contribution in [0.1, 0.15) is 37.9 Å². The molecule has 0 aromatic carbocycles. The van der Waals surface area contributed by atoms with Crippen LogP contribution in [0.2, 0.25) is 0 Å². The first-order chi connectivity index (χ1) is 7.31. The maximum atomic E-state index is 3.99. The molecule has 3 nitrogen and oxygen atoms in total. The van der Waals surface area contributed by atoms with Crippen LogP contribution in [0.5, 0.6) is 0 Å². The molecule has 1 saturated carbocycles. The lowest BCUT2D eigenvalue weighted by Crippen LogP contribution is -2.36. The summed E-state index contributed by atoms with van der Waals surface area (Å²) < 4.78 is 0. The van der Waals surface area contributed by atoms with Crippen molar-refractivity contribution in [1.82, 2.24) is 15.5 Å². The fourth-order valence-electron chi connectivity index (χ4n) is 2.32. The number of rotatable bonds is 4. The average molecular weight is 225 g/mol. The van der Waals surface area contributed by atoms with Crippen LogP contribution in [0.15, 0.2) is 12.3 Å². The quantitative estimate of drug-likeness (QED) is 0.826. The minimum atomic E-state index is 0.380. The van der Waals surface area contributed by atoms with E-state index in [-0.39, 0.29) is 0 Å². The summed E-state index contributed by atoms with van der Waals surface area (Å²) in [5.74, 6) is 0. The smallest absolute Gasteiger partial charge is 0.0518 e. The Morgan fingerprint density at radius 1 is 1.60 bits per heavy atom. The van der Waals surface area contributed by atoms with Gasteiger partial charge < -0.3 is 5.32 Å². The minimum Gasteiger partial charge on any atom is -0.305 e. The molecule has 84 valence electrons. The molecule has 0 spiro atoms. The van der Waals surface area contributed by atoms with Gasteiger partial charge in [-0.3, -0.25) is 5.10 Å². The number of hydrogen-bond acceptors (Lipinski definition) is 3. The molecule has 1 aliphatic carbocycles. The highest BCUT2D eigenvalue weighted by molar-refractivity contribution is 7.99. The van der Waals surface area contributed by atoms with E-state index < -0.39 is 0 Å². The molecule has 0 bridgehead atoms. The van der Waals surface area contributed by atoms with Crippen molar-refractivity contribution in [1.29, 1.82) is 0 Å². The number of aromatic nitrogens is 2. The summed E-state index contributed by atoms with van der Waals surface area (Å²) in [5.41, 5.74) is 1.18. The summed E-state index contributed by atoms with van der Waals surface area (Å²) in [5, 5.41) is 11.5. The van der Waals surface area contributed by atoms with E-state index in [4.69, 9.17) is 0 Å². The summed E-state index contributed by atoms with van der Waals surface area (Å²) in [4.78, 5) is 0. The Kier molecular flexibility index (Phi) is 3.70. The Labute approximate surface area is 95.4 Å². The van der Waals surface area contributed by atoms with Gasteiger partial charge in [-0.2, -0.15) is 16.9 Å². The van der Waals surface area contributed by atoms with Crippen LogP contribution >= 0.6 is 11.8 Å². The van der Waals surface area contributed by atoms with Gasteiger partial charge in [0.1, 0.15) is 0 Å². The van der Waals surface area contributed by atoms with Crippen LogP contribution in [0.25, 0.3) is 0 Å². The van der Waals surface area contributed by atoms with Crippen molar-refractivity contribution in [3.05, 3.63) is 18.0 Å². The normalized spacial score (nSPS) is 28.1. The van der Waals surface area contributed by atoms with E-state index in [9.17, 15) is 0 Å². The van der Waals surface area contributed by atoms with E-state index in [2.05, 4.69) is 28.7 Å². The monoisotopic (exact) mass is 225 g/mol. The van der Waals surface area contributed by atoms with Crippen molar-refractivity contribution < 1.29 is 0 Å². The van der Waals surface area contributed by atoms with Gasteiger partial charge in [-0.25, -0.2) is 0 Å². The molecule has 3 atom stereocenters. The number of H-pyrrole nitrogens is 1. The van der Waals surface area contributed by atoms with Crippen LogP contribution in [-0.4, -0.2) is 27.7 Å². The molecule has 2 rings (SSSR count). The molecule has 0 amide bonds. The highest BCUT2D eigenvalue weighted by Crippen LogP contribution is 2.29. The number of hydrogen-bond donors (Lipinski definition) is 2. The molecule has 1 aliphatic rings. The summed E-state index contributed by atoms with van der Waals surface area (Å²) in [7, 11) is 0. The molecule has 1 aromatic heterocycles. The zero-order valence-electron chi connectivity index (χ0n) is 9.36. The second-order valence-electron chi connectivity index (χ2n) is 4.21. The minimum absolute atomic E-state index is 0.380. The Bertz CT molecular complexity index is 286. The Hall–Kier alpha value is -0.480. The highest BCUT2D eigenvalue weighted by atomic mass is 32.2. The number of thioether (sulfide) groups is 1. The molecule has 2 N–H and O–H groups in total. The van der Waals surface area contributed by atoms with Gasteiger partial charge in [0.2, 0.25) is 0 Å². The molecule has 0 radical (unpaired) electrons. The molecule has 15 heavy (non-hydrogen) atoms. The van der Waals surface area contributed by atoms with E-state index >= 15 is 0 Å². The third-order valence-corrected chi connectivity index (χ3v) is 4.38. The van der Waals surface area contributed by atoms with Crippen LogP contribution in [0, 0.1) is 0 Å². The zero-order chi connectivity index (χ0) is 10.7. The standard InChI is InChI=1S/C11H19N3S/c1-8(9-6-7-12-14-9)13-10-4-3-5-11(10)15-2/h6-8,10-11,13H,3-5H2,1-2H3,(H,12,14). The summed E-state index contributed by atoms with van der Waals surface area (Å²) in [6.45, 7) is 2.20.